The molecule has 1 aliphatic carbocycles. The fraction of sp³-hybridized carbons (Fsp3) is 0.655. The second-order valence-electron chi connectivity index (χ2n) is 11.6. The molecule has 3 fully saturated rings. The van der Waals surface area contributed by atoms with Gasteiger partial charge in [-0.05, 0) is 37.3 Å². The van der Waals surface area contributed by atoms with Gasteiger partial charge in [-0.3, -0.25) is 9.69 Å². The van der Waals surface area contributed by atoms with Crippen molar-refractivity contribution in [1.82, 2.24) is 9.80 Å². The number of benzene rings is 1. The lowest BCUT2D eigenvalue weighted by Crippen LogP contribution is -2.74. The maximum Gasteiger partial charge on any atom is 0.219 e. The normalized spacial score (nSPS) is 21.0. The van der Waals surface area contributed by atoms with Crippen LogP contribution in [0.25, 0.3) is 0 Å². The number of nitrogens with zero attached hydrogens (tertiary/aromatic N) is 3. The SMILES string of the molecule is CC(=O)N1CC2(C1)CN(C1CCN(c3ccc(C)cc3)CC1)C2.CC(C)(C)C1=C[CH]1.CCC.O. The highest BCUT2D eigenvalue weighted by Crippen LogP contribution is 2.42. The fourth-order valence-electron chi connectivity index (χ4n) is 5.05. The summed E-state index contributed by atoms with van der Waals surface area (Å²) in [4.78, 5) is 18.5. The minimum absolute atomic E-state index is 0. The van der Waals surface area contributed by atoms with Crippen LogP contribution in [-0.2, 0) is 4.79 Å². The number of likely N-dealkylation sites (tertiary alicyclic amines) is 2. The van der Waals surface area contributed by atoms with Crippen LogP contribution in [0.5, 0.6) is 0 Å². The molecule has 0 bridgehead atoms. The summed E-state index contributed by atoms with van der Waals surface area (Å²) in [5.74, 6) is 0.237. The molecule has 3 saturated heterocycles. The number of piperidine rings is 1. The minimum atomic E-state index is 0. The summed E-state index contributed by atoms with van der Waals surface area (Å²) in [6.07, 6.45) is 8.11. The van der Waals surface area contributed by atoms with Crippen LogP contribution < -0.4 is 4.90 Å². The Balaban J connectivity index is 0.000000314. The lowest BCUT2D eigenvalue weighted by Gasteiger charge is -2.62. The largest absolute Gasteiger partial charge is 0.412 e. The van der Waals surface area contributed by atoms with E-state index in [0.29, 0.717) is 10.8 Å². The third-order valence-corrected chi connectivity index (χ3v) is 7.15. The number of hydrogen-bond acceptors (Lipinski definition) is 3. The first kappa shape index (κ1) is 28.4. The van der Waals surface area contributed by atoms with E-state index in [2.05, 4.69) is 88.1 Å². The summed E-state index contributed by atoms with van der Waals surface area (Å²) in [7, 11) is 0. The van der Waals surface area contributed by atoms with E-state index in [0.717, 1.165) is 32.2 Å². The van der Waals surface area contributed by atoms with E-state index in [4.69, 9.17) is 0 Å². The standard InChI is InChI=1S/C19H27N3O.C7H11.C3H8.H2O/c1-15-3-5-17(6-4-15)20-9-7-18(8-10-20)22-13-19(14-22)11-21(12-19)16(2)23;1-7(2,3)6-4-5-6;1-3-2;/h3-6,18H,7-14H2,1-2H3;4-5H,1-3H3;3H2,1-2H3;1H2. The highest BCUT2D eigenvalue weighted by Gasteiger charge is 2.53. The molecule has 3 aliphatic heterocycles. The minimum Gasteiger partial charge on any atom is -0.412 e. The van der Waals surface area contributed by atoms with Crippen molar-refractivity contribution in [3.63, 3.8) is 0 Å². The van der Waals surface area contributed by atoms with Crippen molar-refractivity contribution in [2.75, 3.05) is 44.2 Å². The quantitative estimate of drug-likeness (QED) is 0.618. The van der Waals surface area contributed by atoms with Gasteiger partial charge in [0.25, 0.3) is 0 Å². The Morgan fingerprint density at radius 1 is 1.00 bits per heavy atom. The smallest absolute Gasteiger partial charge is 0.219 e. The number of carbonyl (C=O) groups excluding carboxylic acids is 1. The maximum atomic E-state index is 11.3. The van der Waals surface area contributed by atoms with Gasteiger partial charge in [-0.2, -0.15) is 0 Å². The molecule has 1 spiro atoms. The van der Waals surface area contributed by atoms with E-state index in [1.807, 2.05) is 4.90 Å². The predicted molar refractivity (Wildman–Crippen MR) is 144 cm³/mol. The van der Waals surface area contributed by atoms with Gasteiger partial charge in [0.15, 0.2) is 0 Å². The molecule has 3 heterocycles. The summed E-state index contributed by atoms with van der Waals surface area (Å²) in [6, 6.07) is 9.65. The Kier molecular flexibility index (Phi) is 9.79. The Labute approximate surface area is 208 Å². The first-order valence-corrected chi connectivity index (χ1v) is 12.9. The molecule has 0 unspecified atom stereocenters. The average Bonchev–Trinajstić information content (AvgIpc) is 3.53. The summed E-state index contributed by atoms with van der Waals surface area (Å²) in [5.41, 5.74) is 5.05. The Hall–Kier alpha value is -1.85. The lowest BCUT2D eigenvalue weighted by atomic mass is 9.71. The third kappa shape index (κ3) is 7.32. The molecular formula is C29H48N3O2. The Bertz CT molecular complexity index is 803. The lowest BCUT2D eigenvalue weighted by molar-refractivity contribution is -0.161. The van der Waals surface area contributed by atoms with Gasteiger partial charge >= 0.3 is 0 Å². The van der Waals surface area contributed by atoms with E-state index in [-0.39, 0.29) is 11.4 Å². The first-order valence-electron chi connectivity index (χ1n) is 12.9. The molecule has 5 rings (SSSR count). The third-order valence-electron chi connectivity index (χ3n) is 7.15. The maximum absolute atomic E-state index is 11.3. The average molecular weight is 471 g/mol. The van der Waals surface area contributed by atoms with Crippen molar-refractivity contribution in [3.05, 3.63) is 47.9 Å². The monoisotopic (exact) mass is 470 g/mol. The van der Waals surface area contributed by atoms with Crippen LogP contribution in [0, 0.1) is 24.2 Å². The van der Waals surface area contributed by atoms with Crippen LogP contribution in [0.3, 0.4) is 0 Å². The number of amides is 1. The molecule has 0 atom stereocenters. The molecule has 1 aromatic carbocycles. The molecule has 0 aromatic heterocycles. The van der Waals surface area contributed by atoms with E-state index in [1.165, 1.54) is 49.2 Å². The van der Waals surface area contributed by atoms with Crippen molar-refractivity contribution in [2.45, 2.75) is 73.8 Å². The molecule has 0 saturated carbocycles. The van der Waals surface area contributed by atoms with E-state index in [9.17, 15) is 4.79 Å². The zero-order valence-corrected chi connectivity index (χ0v) is 22.7. The summed E-state index contributed by atoms with van der Waals surface area (Å²) >= 11 is 0. The van der Waals surface area contributed by atoms with Crippen LogP contribution in [0.1, 0.15) is 66.4 Å². The zero-order valence-electron chi connectivity index (χ0n) is 22.7. The van der Waals surface area contributed by atoms with E-state index >= 15 is 0 Å². The van der Waals surface area contributed by atoms with Crippen molar-refractivity contribution >= 4 is 11.6 Å². The Morgan fingerprint density at radius 2 is 1.50 bits per heavy atom. The molecule has 5 heteroatoms. The molecule has 1 radical (unpaired) electrons. The fourth-order valence-corrected chi connectivity index (χ4v) is 5.05. The highest BCUT2D eigenvalue weighted by atomic mass is 16.2. The van der Waals surface area contributed by atoms with Crippen LogP contribution in [0.15, 0.2) is 35.9 Å². The molecule has 34 heavy (non-hydrogen) atoms. The number of carbonyl (C=O) groups is 1. The van der Waals surface area contributed by atoms with E-state index < -0.39 is 0 Å². The van der Waals surface area contributed by atoms with Gasteiger partial charge in [0.05, 0.1) is 0 Å². The van der Waals surface area contributed by atoms with Gasteiger partial charge in [-0.25, -0.2) is 0 Å². The summed E-state index contributed by atoms with van der Waals surface area (Å²) in [5, 5.41) is 0. The van der Waals surface area contributed by atoms with Crippen molar-refractivity contribution in [2.24, 2.45) is 10.8 Å². The number of hydrogen-bond donors (Lipinski definition) is 0. The topological polar surface area (TPSA) is 58.3 Å². The van der Waals surface area contributed by atoms with Crippen LogP contribution in [0.4, 0.5) is 5.69 Å². The molecule has 191 valence electrons. The van der Waals surface area contributed by atoms with Gasteiger partial charge in [0.2, 0.25) is 5.91 Å². The van der Waals surface area contributed by atoms with Crippen molar-refractivity contribution in [1.29, 1.82) is 0 Å². The second-order valence-corrected chi connectivity index (χ2v) is 11.6. The number of rotatable bonds is 2. The van der Waals surface area contributed by atoms with Crippen molar-refractivity contribution in [3.8, 4) is 0 Å². The van der Waals surface area contributed by atoms with Crippen LogP contribution in [0.2, 0.25) is 0 Å². The molecule has 5 nitrogen and oxygen atoms in total. The molecule has 4 aliphatic rings. The zero-order chi connectivity index (χ0) is 24.2. The molecular weight excluding hydrogens is 422 g/mol. The predicted octanol–water partition coefficient (Wildman–Crippen LogP) is 4.90. The van der Waals surface area contributed by atoms with Gasteiger partial charge in [-0.1, -0.05) is 70.4 Å². The number of aryl methyl sites for hydroxylation is 1. The molecule has 1 aromatic rings. The highest BCUT2D eigenvalue weighted by molar-refractivity contribution is 5.74. The van der Waals surface area contributed by atoms with Gasteiger partial charge in [0.1, 0.15) is 0 Å². The van der Waals surface area contributed by atoms with Gasteiger partial charge in [0, 0.05) is 69.8 Å². The van der Waals surface area contributed by atoms with E-state index in [1.54, 1.807) is 6.92 Å². The first-order chi connectivity index (χ1) is 15.6. The molecule has 1 amide bonds. The Morgan fingerprint density at radius 3 is 1.88 bits per heavy atom. The molecule has 2 N–H and O–H groups in total. The second kappa shape index (κ2) is 11.7. The summed E-state index contributed by atoms with van der Waals surface area (Å²) < 4.78 is 0. The summed E-state index contributed by atoms with van der Waals surface area (Å²) in [6.45, 7) is 21.5. The number of allylic oxidation sites excluding steroid dienone is 2. The van der Waals surface area contributed by atoms with Gasteiger partial charge < -0.3 is 15.3 Å². The van der Waals surface area contributed by atoms with Gasteiger partial charge in [-0.15, -0.1) is 0 Å². The number of anilines is 1. The van der Waals surface area contributed by atoms with Crippen LogP contribution in [-0.4, -0.2) is 66.5 Å². The van der Waals surface area contributed by atoms with Crippen LogP contribution >= 0.6 is 0 Å². The van der Waals surface area contributed by atoms with Crippen molar-refractivity contribution < 1.29 is 10.3 Å².